The minimum atomic E-state index is -1.01. The molecule has 0 saturated heterocycles. The summed E-state index contributed by atoms with van der Waals surface area (Å²) in [4.78, 5) is 10.8. The van der Waals surface area contributed by atoms with Gasteiger partial charge in [-0.2, -0.15) is 0 Å². The summed E-state index contributed by atoms with van der Waals surface area (Å²) in [7, 11) is 0. The van der Waals surface area contributed by atoms with Crippen LogP contribution in [0.15, 0.2) is 24.0 Å². The van der Waals surface area contributed by atoms with E-state index in [-0.39, 0.29) is 17.4 Å². The number of nitrogens with one attached hydrogen (secondary N) is 1. The molecular formula is C12H12FNO2. The van der Waals surface area contributed by atoms with Crippen LogP contribution in [0.1, 0.15) is 29.3 Å². The molecule has 1 aliphatic heterocycles. The minimum absolute atomic E-state index is 0.166. The van der Waals surface area contributed by atoms with Gasteiger partial charge in [-0.25, -0.2) is 9.18 Å². The van der Waals surface area contributed by atoms with E-state index in [0.29, 0.717) is 12.0 Å². The van der Waals surface area contributed by atoms with E-state index in [4.69, 9.17) is 5.11 Å². The van der Waals surface area contributed by atoms with Crippen LogP contribution in [-0.2, 0) is 0 Å². The monoisotopic (exact) mass is 221 g/mol. The molecule has 1 aliphatic rings. The Bertz CT molecular complexity index is 468. The summed E-state index contributed by atoms with van der Waals surface area (Å²) in [5.74, 6) is -1.26. The largest absolute Gasteiger partial charge is 0.478 e. The quantitative estimate of drug-likeness (QED) is 0.807. The molecule has 0 bridgehead atoms. The van der Waals surface area contributed by atoms with Crippen molar-refractivity contribution >= 4 is 17.7 Å². The zero-order chi connectivity index (χ0) is 11.7. The van der Waals surface area contributed by atoms with Crippen LogP contribution in [0.5, 0.6) is 0 Å². The van der Waals surface area contributed by atoms with Gasteiger partial charge < -0.3 is 10.4 Å². The molecule has 3 nitrogen and oxygen atoms in total. The van der Waals surface area contributed by atoms with E-state index in [1.54, 1.807) is 6.07 Å². The Morgan fingerprint density at radius 3 is 2.94 bits per heavy atom. The van der Waals surface area contributed by atoms with E-state index >= 15 is 0 Å². The summed E-state index contributed by atoms with van der Waals surface area (Å²) < 4.78 is 13.5. The van der Waals surface area contributed by atoms with Gasteiger partial charge in [-0.05, 0) is 30.7 Å². The fourth-order valence-electron chi connectivity index (χ4n) is 1.75. The first-order chi connectivity index (χ1) is 7.61. The van der Waals surface area contributed by atoms with Crippen molar-refractivity contribution < 1.29 is 14.3 Å². The lowest BCUT2D eigenvalue weighted by Gasteiger charge is -2.23. The number of fused-ring (bicyclic) bond motifs is 1. The van der Waals surface area contributed by atoms with Gasteiger partial charge in [-0.1, -0.05) is 6.92 Å². The highest BCUT2D eigenvalue weighted by Crippen LogP contribution is 2.29. The third kappa shape index (κ3) is 1.78. The van der Waals surface area contributed by atoms with Gasteiger partial charge in [-0.3, -0.25) is 0 Å². The van der Waals surface area contributed by atoms with Crippen LogP contribution in [0.4, 0.5) is 10.1 Å². The Balaban J connectivity index is 2.43. The molecule has 0 aliphatic carbocycles. The Kier molecular flexibility index (Phi) is 2.64. The first-order valence-electron chi connectivity index (χ1n) is 5.12. The minimum Gasteiger partial charge on any atom is -0.478 e. The second-order valence-corrected chi connectivity index (χ2v) is 3.74. The molecule has 0 radical (unpaired) electrons. The van der Waals surface area contributed by atoms with Crippen LogP contribution in [-0.4, -0.2) is 17.1 Å². The summed E-state index contributed by atoms with van der Waals surface area (Å²) in [5, 5.41) is 11.8. The van der Waals surface area contributed by atoms with Crippen molar-refractivity contribution in [2.45, 2.75) is 19.4 Å². The van der Waals surface area contributed by atoms with Gasteiger partial charge >= 0.3 is 5.97 Å². The van der Waals surface area contributed by atoms with Crippen LogP contribution in [0.25, 0.3) is 6.08 Å². The Hall–Kier alpha value is -1.84. The molecule has 1 heterocycles. The number of rotatable bonds is 2. The second kappa shape index (κ2) is 3.96. The third-order valence-electron chi connectivity index (χ3n) is 2.66. The summed E-state index contributed by atoms with van der Waals surface area (Å²) in [6.07, 6.45) is 2.05. The van der Waals surface area contributed by atoms with Crippen LogP contribution >= 0.6 is 0 Å². The number of carbonyl (C=O) groups is 1. The number of carboxylic acids is 1. The Morgan fingerprint density at radius 2 is 2.31 bits per heavy atom. The first kappa shape index (κ1) is 10.7. The number of benzene rings is 1. The highest BCUT2D eigenvalue weighted by atomic mass is 19.1. The van der Waals surface area contributed by atoms with E-state index in [2.05, 4.69) is 5.32 Å². The fourth-order valence-corrected chi connectivity index (χ4v) is 1.75. The van der Waals surface area contributed by atoms with Gasteiger partial charge in [0.05, 0.1) is 11.6 Å². The van der Waals surface area contributed by atoms with E-state index in [1.807, 2.05) is 6.92 Å². The molecule has 0 saturated carbocycles. The molecule has 16 heavy (non-hydrogen) atoms. The standard InChI is InChI=1S/C12H12FNO2/c1-2-10-9(13)6-8-5-7(12(15)16)3-4-11(8)14-10/h3-6,10,14H,2H2,1H3,(H,15,16). The van der Waals surface area contributed by atoms with Crippen LogP contribution in [0.3, 0.4) is 0 Å². The van der Waals surface area contributed by atoms with Gasteiger partial charge in [0.25, 0.3) is 0 Å². The summed E-state index contributed by atoms with van der Waals surface area (Å²) >= 11 is 0. The van der Waals surface area contributed by atoms with Crippen molar-refractivity contribution in [1.82, 2.24) is 0 Å². The van der Waals surface area contributed by atoms with Gasteiger partial charge in [0.1, 0.15) is 5.83 Å². The average Bonchev–Trinajstić information content (AvgIpc) is 2.27. The normalized spacial score (nSPS) is 18.4. The molecule has 0 amide bonds. The molecule has 1 atom stereocenters. The molecule has 0 spiro atoms. The lowest BCUT2D eigenvalue weighted by Crippen LogP contribution is -2.22. The number of halogens is 1. The van der Waals surface area contributed by atoms with Crippen LogP contribution in [0, 0.1) is 0 Å². The molecule has 4 heteroatoms. The lowest BCUT2D eigenvalue weighted by atomic mass is 10.0. The average molecular weight is 221 g/mol. The molecule has 1 aromatic carbocycles. The van der Waals surface area contributed by atoms with Crippen LogP contribution in [0.2, 0.25) is 0 Å². The summed E-state index contributed by atoms with van der Waals surface area (Å²) in [6.45, 7) is 1.89. The number of hydrogen-bond acceptors (Lipinski definition) is 2. The number of hydrogen-bond donors (Lipinski definition) is 2. The van der Waals surface area contributed by atoms with Crippen molar-refractivity contribution in [2.75, 3.05) is 5.32 Å². The van der Waals surface area contributed by atoms with Crippen molar-refractivity contribution in [3.8, 4) is 0 Å². The van der Waals surface area contributed by atoms with Crippen molar-refractivity contribution in [3.05, 3.63) is 35.2 Å². The van der Waals surface area contributed by atoms with Gasteiger partial charge in [-0.15, -0.1) is 0 Å². The lowest BCUT2D eigenvalue weighted by molar-refractivity contribution is 0.0697. The molecule has 2 rings (SSSR count). The molecule has 1 unspecified atom stereocenters. The molecule has 1 aromatic rings. The summed E-state index contributed by atoms with van der Waals surface area (Å²) in [6, 6.07) is 4.35. The van der Waals surface area contributed by atoms with Crippen molar-refractivity contribution in [2.24, 2.45) is 0 Å². The van der Waals surface area contributed by atoms with E-state index in [9.17, 15) is 9.18 Å². The summed E-state index contributed by atoms with van der Waals surface area (Å²) in [5.41, 5.74) is 1.53. The maximum atomic E-state index is 13.5. The number of anilines is 1. The smallest absolute Gasteiger partial charge is 0.335 e. The SMILES string of the molecule is CCC1Nc2ccc(C(=O)O)cc2C=C1F. The predicted molar refractivity (Wildman–Crippen MR) is 60.2 cm³/mol. The number of carboxylic acid groups (broad SMARTS) is 1. The zero-order valence-corrected chi connectivity index (χ0v) is 8.83. The fraction of sp³-hybridized carbons (Fsp3) is 0.250. The van der Waals surface area contributed by atoms with Crippen LogP contribution < -0.4 is 5.32 Å². The van der Waals surface area contributed by atoms with Gasteiger partial charge in [0.15, 0.2) is 0 Å². The first-order valence-corrected chi connectivity index (χ1v) is 5.12. The second-order valence-electron chi connectivity index (χ2n) is 3.74. The van der Waals surface area contributed by atoms with Gasteiger partial charge in [0, 0.05) is 11.3 Å². The maximum Gasteiger partial charge on any atom is 0.335 e. The third-order valence-corrected chi connectivity index (χ3v) is 2.66. The topological polar surface area (TPSA) is 49.3 Å². The molecule has 84 valence electrons. The highest BCUT2D eigenvalue weighted by molar-refractivity contribution is 5.90. The van der Waals surface area contributed by atoms with Gasteiger partial charge in [0.2, 0.25) is 0 Å². The Morgan fingerprint density at radius 1 is 1.56 bits per heavy atom. The molecule has 2 N–H and O–H groups in total. The molecular weight excluding hydrogens is 209 g/mol. The van der Waals surface area contributed by atoms with Crippen molar-refractivity contribution in [1.29, 1.82) is 0 Å². The van der Waals surface area contributed by atoms with E-state index < -0.39 is 5.97 Å². The van der Waals surface area contributed by atoms with E-state index in [1.165, 1.54) is 18.2 Å². The van der Waals surface area contributed by atoms with E-state index in [0.717, 1.165) is 5.69 Å². The predicted octanol–water partition coefficient (Wildman–Crippen LogP) is 2.90. The zero-order valence-electron chi connectivity index (χ0n) is 8.83. The number of aromatic carboxylic acids is 1. The highest BCUT2D eigenvalue weighted by Gasteiger charge is 2.19. The maximum absolute atomic E-state index is 13.5. The molecule has 0 aromatic heterocycles. The Labute approximate surface area is 92.6 Å². The molecule has 0 fully saturated rings. The van der Waals surface area contributed by atoms with Crippen molar-refractivity contribution in [3.63, 3.8) is 0 Å².